The largest absolute Gasteiger partial charge is 0.507 e. The third-order valence-corrected chi connectivity index (χ3v) is 6.36. The maximum Gasteiger partial charge on any atom is 0.300 e. The van der Waals surface area contributed by atoms with Gasteiger partial charge in [-0.3, -0.25) is 14.5 Å². The lowest BCUT2D eigenvalue weighted by molar-refractivity contribution is -0.132. The van der Waals surface area contributed by atoms with Gasteiger partial charge in [-0.2, -0.15) is 0 Å². The molecule has 0 spiro atoms. The predicted molar refractivity (Wildman–Crippen MR) is 133 cm³/mol. The first kappa shape index (κ1) is 23.6. The van der Waals surface area contributed by atoms with Crippen LogP contribution in [-0.4, -0.2) is 35.3 Å². The number of aliphatic hydroxyl groups excluding tert-OH is 1. The molecule has 0 aliphatic carbocycles. The van der Waals surface area contributed by atoms with E-state index in [9.17, 15) is 19.8 Å². The summed E-state index contributed by atoms with van der Waals surface area (Å²) in [7, 11) is 0. The number of benzene rings is 3. The van der Waals surface area contributed by atoms with Crippen molar-refractivity contribution in [1.29, 1.82) is 0 Å². The highest BCUT2D eigenvalue weighted by Gasteiger charge is 2.47. The van der Waals surface area contributed by atoms with Crippen molar-refractivity contribution >= 4 is 34.7 Å². The third-order valence-electron chi connectivity index (χ3n) is 6.12. The van der Waals surface area contributed by atoms with Crippen LogP contribution in [0.25, 0.3) is 5.76 Å². The highest BCUT2D eigenvalue weighted by molar-refractivity contribution is 6.52. The van der Waals surface area contributed by atoms with Gasteiger partial charge >= 0.3 is 0 Å². The normalized spacial score (nSPS) is 18.1. The number of fused-ring (bicyclic) bond motifs is 1. The van der Waals surface area contributed by atoms with Gasteiger partial charge in [0, 0.05) is 16.3 Å². The summed E-state index contributed by atoms with van der Waals surface area (Å²) in [4.78, 5) is 28.2. The molecule has 9 heteroatoms. The summed E-state index contributed by atoms with van der Waals surface area (Å²) < 4.78 is 16.3. The van der Waals surface area contributed by atoms with Gasteiger partial charge in [0.25, 0.3) is 11.7 Å². The molecular weight excluding hydrogens is 486 g/mol. The molecule has 1 fully saturated rings. The van der Waals surface area contributed by atoms with Gasteiger partial charge in [0.05, 0.1) is 18.2 Å². The summed E-state index contributed by atoms with van der Waals surface area (Å²) in [6, 6.07) is 13.3. The Kier molecular flexibility index (Phi) is 5.97. The monoisotopic (exact) mass is 507 g/mol. The number of hydrogen-bond acceptors (Lipinski definition) is 7. The van der Waals surface area contributed by atoms with Crippen LogP contribution < -0.4 is 19.1 Å². The zero-order valence-corrected chi connectivity index (χ0v) is 20.2. The molecule has 1 saturated heterocycles. The number of carbonyl (C=O) groups is 2. The highest BCUT2D eigenvalue weighted by atomic mass is 35.5. The van der Waals surface area contributed by atoms with Crippen molar-refractivity contribution < 1.29 is 34.0 Å². The summed E-state index contributed by atoms with van der Waals surface area (Å²) in [5.41, 5.74) is 1.75. The van der Waals surface area contributed by atoms with Gasteiger partial charge in [-0.05, 0) is 67.4 Å². The second-order valence-corrected chi connectivity index (χ2v) is 8.76. The molecule has 184 valence electrons. The Hall–Kier alpha value is -4.17. The molecule has 1 amide bonds. The van der Waals surface area contributed by atoms with Crippen LogP contribution in [0.2, 0.25) is 5.02 Å². The van der Waals surface area contributed by atoms with Gasteiger partial charge in [0.2, 0.25) is 6.79 Å². The number of carbonyl (C=O) groups excluding carboxylic acids is 2. The lowest BCUT2D eigenvalue weighted by Crippen LogP contribution is -2.30. The molecule has 5 rings (SSSR count). The zero-order valence-electron chi connectivity index (χ0n) is 19.4. The van der Waals surface area contributed by atoms with E-state index in [1.165, 1.54) is 11.0 Å². The van der Waals surface area contributed by atoms with Crippen molar-refractivity contribution in [3.8, 4) is 23.0 Å². The Labute approximate surface area is 211 Å². The first-order chi connectivity index (χ1) is 17.3. The van der Waals surface area contributed by atoms with Crippen LogP contribution in [0, 0.1) is 6.92 Å². The molecule has 0 saturated carbocycles. The number of Topliss-reactive ketones (excluding diaryl/α,β-unsaturated/α-hetero) is 1. The van der Waals surface area contributed by atoms with E-state index in [2.05, 4.69) is 0 Å². The third kappa shape index (κ3) is 3.89. The number of anilines is 1. The number of phenolic OH excluding ortho intramolecular Hbond substituents is 1. The fraction of sp³-hybridized carbons (Fsp3) is 0.185. The molecule has 2 N–H and O–H groups in total. The maximum absolute atomic E-state index is 13.4. The molecule has 36 heavy (non-hydrogen) atoms. The van der Waals surface area contributed by atoms with Gasteiger partial charge in [0.15, 0.2) is 23.0 Å². The Balaban J connectivity index is 1.74. The fourth-order valence-corrected chi connectivity index (χ4v) is 4.58. The Morgan fingerprint density at radius 1 is 1.08 bits per heavy atom. The van der Waals surface area contributed by atoms with Crippen molar-refractivity contribution in [3.63, 3.8) is 0 Å². The van der Waals surface area contributed by atoms with Gasteiger partial charge < -0.3 is 24.4 Å². The molecule has 3 aromatic carbocycles. The lowest BCUT2D eigenvalue weighted by Gasteiger charge is -2.27. The average molecular weight is 508 g/mol. The maximum atomic E-state index is 13.4. The van der Waals surface area contributed by atoms with Crippen molar-refractivity contribution in [1.82, 2.24) is 0 Å². The van der Waals surface area contributed by atoms with Crippen LogP contribution in [0.15, 0.2) is 60.2 Å². The minimum atomic E-state index is -1.02. The van der Waals surface area contributed by atoms with E-state index in [1.807, 2.05) is 0 Å². The Morgan fingerprint density at radius 3 is 2.64 bits per heavy atom. The van der Waals surface area contributed by atoms with E-state index in [0.717, 1.165) is 0 Å². The molecule has 3 aromatic rings. The molecule has 0 aromatic heterocycles. The summed E-state index contributed by atoms with van der Waals surface area (Å²) >= 11 is 6.25. The minimum Gasteiger partial charge on any atom is -0.507 e. The fourth-order valence-electron chi connectivity index (χ4n) is 4.41. The number of aliphatic hydroxyl groups is 1. The van der Waals surface area contributed by atoms with Gasteiger partial charge in [-0.25, -0.2) is 0 Å². The molecule has 2 aliphatic rings. The van der Waals surface area contributed by atoms with Crippen LogP contribution in [0.5, 0.6) is 23.0 Å². The van der Waals surface area contributed by atoms with Crippen LogP contribution in [0.3, 0.4) is 0 Å². The number of aromatic hydroxyl groups is 1. The van der Waals surface area contributed by atoms with Crippen LogP contribution in [-0.2, 0) is 9.59 Å². The number of aryl methyl sites for hydroxylation is 1. The van der Waals surface area contributed by atoms with E-state index in [4.69, 9.17) is 25.8 Å². The second-order valence-electron chi connectivity index (χ2n) is 8.33. The van der Waals surface area contributed by atoms with E-state index >= 15 is 0 Å². The van der Waals surface area contributed by atoms with Crippen LogP contribution >= 0.6 is 11.6 Å². The van der Waals surface area contributed by atoms with E-state index in [1.54, 1.807) is 62.4 Å². The molecule has 1 unspecified atom stereocenters. The number of halogens is 1. The quantitative estimate of drug-likeness (QED) is 0.281. The van der Waals surface area contributed by atoms with Crippen LogP contribution in [0.1, 0.15) is 29.7 Å². The Morgan fingerprint density at radius 2 is 1.86 bits per heavy atom. The molecule has 2 heterocycles. The lowest BCUT2D eigenvalue weighted by atomic mass is 9.94. The molecular formula is C27H22ClNO7. The van der Waals surface area contributed by atoms with Gasteiger partial charge in [0.1, 0.15) is 5.76 Å². The average Bonchev–Trinajstić information content (AvgIpc) is 3.44. The SMILES string of the molecule is CCOc1cc(C2/C(=C(\O)c3ccc4c(c3)OCO4)C(=O)C(=O)N2c2cc(Cl)ccc2C)ccc1O. The zero-order chi connectivity index (χ0) is 25.6. The standard InChI is InChI=1S/C27H22ClNO7/c1-3-34-21-10-15(5-8-19(21)30)24-23(25(31)16-6-9-20-22(11-16)36-13-35-20)26(32)27(33)29(24)18-12-17(28)7-4-14(18)2/h4-12,24,30-31H,3,13H2,1-2H3/b25-23+. The van der Waals surface area contributed by atoms with Crippen molar-refractivity contribution in [2.24, 2.45) is 0 Å². The topological polar surface area (TPSA) is 106 Å². The molecule has 1 atom stereocenters. The molecule has 0 bridgehead atoms. The van der Waals surface area contributed by atoms with E-state index in [0.29, 0.717) is 39.9 Å². The predicted octanol–water partition coefficient (Wildman–Crippen LogP) is 5.11. The molecule has 2 aliphatic heterocycles. The number of phenols is 1. The second kappa shape index (κ2) is 9.13. The van der Waals surface area contributed by atoms with Crippen LogP contribution in [0.4, 0.5) is 5.69 Å². The smallest absolute Gasteiger partial charge is 0.300 e. The van der Waals surface area contributed by atoms with Crippen molar-refractivity contribution in [2.75, 3.05) is 18.3 Å². The van der Waals surface area contributed by atoms with Crippen molar-refractivity contribution in [2.45, 2.75) is 19.9 Å². The summed E-state index contributed by atoms with van der Waals surface area (Å²) in [5.74, 6) is -1.03. The number of nitrogens with zero attached hydrogens (tertiary/aromatic N) is 1. The van der Waals surface area contributed by atoms with E-state index < -0.39 is 17.7 Å². The number of ether oxygens (including phenoxy) is 3. The summed E-state index contributed by atoms with van der Waals surface area (Å²) in [6.07, 6.45) is 0. The first-order valence-corrected chi connectivity index (χ1v) is 11.6. The molecule has 0 radical (unpaired) electrons. The molecule has 8 nitrogen and oxygen atoms in total. The van der Waals surface area contributed by atoms with Gasteiger partial charge in [-0.1, -0.05) is 23.7 Å². The number of hydrogen-bond donors (Lipinski definition) is 2. The number of amides is 1. The van der Waals surface area contributed by atoms with Crippen molar-refractivity contribution in [3.05, 3.63) is 81.9 Å². The highest BCUT2D eigenvalue weighted by Crippen LogP contribution is 2.46. The van der Waals surface area contributed by atoms with Gasteiger partial charge in [-0.15, -0.1) is 0 Å². The first-order valence-electron chi connectivity index (χ1n) is 11.2. The minimum absolute atomic E-state index is 0.0473. The number of ketones is 1. The number of rotatable bonds is 5. The van der Waals surface area contributed by atoms with E-state index in [-0.39, 0.29) is 35.2 Å². The summed E-state index contributed by atoms with van der Waals surface area (Å²) in [6.45, 7) is 3.91. The Bertz CT molecular complexity index is 1430. The summed E-state index contributed by atoms with van der Waals surface area (Å²) in [5, 5.41) is 22.0.